The van der Waals surface area contributed by atoms with Crippen molar-refractivity contribution in [2.24, 2.45) is 0 Å². The van der Waals surface area contributed by atoms with Gasteiger partial charge < -0.3 is 10.1 Å². The van der Waals surface area contributed by atoms with Gasteiger partial charge >= 0.3 is 11.9 Å². The van der Waals surface area contributed by atoms with Gasteiger partial charge in [-0.15, -0.1) is 11.3 Å². The van der Waals surface area contributed by atoms with Crippen LogP contribution in [0.15, 0.2) is 12.1 Å². The molecule has 0 atom stereocenters. The van der Waals surface area contributed by atoms with Gasteiger partial charge in [0.1, 0.15) is 0 Å². The summed E-state index contributed by atoms with van der Waals surface area (Å²) in [5.74, 6) is -1.52. The van der Waals surface area contributed by atoms with Crippen molar-refractivity contribution < 1.29 is 14.3 Å². The number of aryl methyl sites for hydroxylation is 1. The summed E-state index contributed by atoms with van der Waals surface area (Å²) in [4.78, 5) is 24.3. The van der Waals surface area contributed by atoms with Crippen molar-refractivity contribution in [3.8, 4) is 0 Å². The molecule has 82 valence electrons. The van der Waals surface area contributed by atoms with Gasteiger partial charge in [0.2, 0.25) is 0 Å². The Balaban J connectivity index is 2.37. The van der Waals surface area contributed by atoms with Crippen LogP contribution in [0, 0.1) is 6.92 Å². The number of hydrogen-bond donors (Lipinski definition) is 1. The van der Waals surface area contributed by atoms with Crippen LogP contribution in [0.25, 0.3) is 0 Å². The Labute approximate surface area is 92.2 Å². The predicted molar refractivity (Wildman–Crippen MR) is 57.5 cm³/mol. The molecule has 5 heteroatoms. The lowest BCUT2D eigenvalue weighted by molar-refractivity contribution is -0.154. The highest BCUT2D eigenvalue weighted by Gasteiger charge is 2.13. The van der Waals surface area contributed by atoms with Crippen molar-refractivity contribution in [1.29, 1.82) is 0 Å². The fraction of sp³-hybridized carbons (Fsp3) is 0.400. The van der Waals surface area contributed by atoms with Crippen LogP contribution in [0.5, 0.6) is 0 Å². The molecule has 0 aliphatic heterocycles. The fourth-order valence-corrected chi connectivity index (χ4v) is 1.85. The monoisotopic (exact) mass is 227 g/mol. The minimum absolute atomic E-state index is 0.213. The standard InChI is InChI=1S/C10H13NO3S/c1-3-14-10(13)9(12)11-6-8-5-4-7(2)15-8/h4-5H,3,6H2,1-2H3,(H,11,12). The maximum Gasteiger partial charge on any atom is 0.396 e. The normalized spacial score (nSPS) is 9.73. The first-order valence-corrected chi connectivity index (χ1v) is 5.45. The molecule has 0 unspecified atom stereocenters. The van der Waals surface area contributed by atoms with E-state index in [9.17, 15) is 9.59 Å². The zero-order valence-electron chi connectivity index (χ0n) is 8.70. The molecule has 1 aromatic heterocycles. The van der Waals surface area contributed by atoms with Crippen molar-refractivity contribution >= 4 is 23.2 Å². The second-order valence-corrected chi connectivity index (χ2v) is 4.29. The minimum atomic E-state index is -0.828. The molecule has 0 radical (unpaired) electrons. The van der Waals surface area contributed by atoms with E-state index in [-0.39, 0.29) is 6.61 Å². The summed E-state index contributed by atoms with van der Waals surface area (Å²) in [5, 5.41) is 2.49. The highest BCUT2D eigenvalue weighted by molar-refractivity contribution is 7.11. The van der Waals surface area contributed by atoms with E-state index in [1.165, 1.54) is 4.88 Å². The summed E-state index contributed by atoms with van der Waals surface area (Å²) in [6, 6.07) is 3.89. The van der Waals surface area contributed by atoms with Gasteiger partial charge in [0.05, 0.1) is 13.2 Å². The van der Waals surface area contributed by atoms with Crippen LogP contribution in [-0.2, 0) is 20.9 Å². The lowest BCUT2D eigenvalue weighted by Crippen LogP contribution is -2.31. The second kappa shape index (κ2) is 5.50. The zero-order chi connectivity index (χ0) is 11.3. The van der Waals surface area contributed by atoms with E-state index < -0.39 is 11.9 Å². The molecule has 1 heterocycles. The molecule has 15 heavy (non-hydrogen) atoms. The molecular formula is C10H13NO3S. The molecule has 0 bridgehead atoms. The van der Waals surface area contributed by atoms with E-state index in [4.69, 9.17) is 0 Å². The number of thiophene rings is 1. The van der Waals surface area contributed by atoms with Crippen molar-refractivity contribution in [3.63, 3.8) is 0 Å². The van der Waals surface area contributed by atoms with Crippen LogP contribution < -0.4 is 5.32 Å². The number of ether oxygens (including phenoxy) is 1. The molecule has 0 spiro atoms. The van der Waals surface area contributed by atoms with Gasteiger partial charge in [-0.05, 0) is 26.0 Å². The van der Waals surface area contributed by atoms with Crippen LogP contribution in [0.4, 0.5) is 0 Å². The molecular weight excluding hydrogens is 214 g/mol. The van der Waals surface area contributed by atoms with E-state index in [0.29, 0.717) is 6.54 Å². The average molecular weight is 227 g/mol. The molecule has 0 saturated heterocycles. The highest BCUT2D eigenvalue weighted by Crippen LogP contribution is 2.14. The first kappa shape index (κ1) is 11.7. The topological polar surface area (TPSA) is 55.4 Å². The summed E-state index contributed by atoms with van der Waals surface area (Å²) >= 11 is 1.59. The van der Waals surface area contributed by atoms with Crippen molar-refractivity contribution in [1.82, 2.24) is 5.32 Å². The Morgan fingerprint density at radius 1 is 1.47 bits per heavy atom. The predicted octanol–water partition coefficient (Wildman–Crippen LogP) is 1.24. The number of esters is 1. The highest BCUT2D eigenvalue weighted by atomic mass is 32.1. The average Bonchev–Trinajstić information content (AvgIpc) is 2.61. The molecule has 1 aromatic rings. The zero-order valence-corrected chi connectivity index (χ0v) is 9.52. The third kappa shape index (κ3) is 3.71. The molecule has 1 N–H and O–H groups in total. The third-order valence-electron chi connectivity index (χ3n) is 1.68. The molecule has 0 aromatic carbocycles. The Morgan fingerprint density at radius 2 is 2.20 bits per heavy atom. The van der Waals surface area contributed by atoms with Gasteiger partial charge in [-0.1, -0.05) is 0 Å². The van der Waals surface area contributed by atoms with E-state index in [2.05, 4.69) is 10.1 Å². The molecule has 4 nitrogen and oxygen atoms in total. The van der Waals surface area contributed by atoms with Crippen LogP contribution in [0.3, 0.4) is 0 Å². The number of carbonyl (C=O) groups excluding carboxylic acids is 2. The number of hydrogen-bond acceptors (Lipinski definition) is 4. The summed E-state index contributed by atoms with van der Waals surface area (Å²) in [5.41, 5.74) is 0. The molecule has 1 amide bonds. The van der Waals surface area contributed by atoms with Crippen LogP contribution in [0.2, 0.25) is 0 Å². The summed E-state index contributed by atoms with van der Waals surface area (Å²) in [6.45, 7) is 4.23. The largest absolute Gasteiger partial charge is 0.459 e. The first-order chi connectivity index (χ1) is 7.13. The van der Waals surface area contributed by atoms with E-state index in [0.717, 1.165) is 4.88 Å². The number of nitrogens with one attached hydrogen (secondary N) is 1. The van der Waals surface area contributed by atoms with Gasteiger partial charge in [-0.3, -0.25) is 4.79 Å². The molecule has 0 saturated carbocycles. The van der Waals surface area contributed by atoms with E-state index in [1.54, 1.807) is 18.3 Å². The van der Waals surface area contributed by atoms with Gasteiger partial charge in [-0.2, -0.15) is 0 Å². The summed E-state index contributed by atoms with van der Waals surface area (Å²) < 4.78 is 4.55. The van der Waals surface area contributed by atoms with Gasteiger partial charge in [0.25, 0.3) is 0 Å². The van der Waals surface area contributed by atoms with Crippen molar-refractivity contribution in [2.75, 3.05) is 6.61 Å². The maximum atomic E-state index is 11.1. The fourth-order valence-electron chi connectivity index (χ4n) is 1.02. The van der Waals surface area contributed by atoms with Crippen LogP contribution in [-0.4, -0.2) is 18.5 Å². The SMILES string of the molecule is CCOC(=O)C(=O)NCc1ccc(C)s1. The Hall–Kier alpha value is -1.36. The Kier molecular flexibility index (Phi) is 4.30. The molecule has 0 fully saturated rings. The van der Waals surface area contributed by atoms with Gasteiger partial charge in [-0.25, -0.2) is 4.79 Å². The van der Waals surface area contributed by atoms with Crippen LogP contribution in [0.1, 0.15) is 16.7 Å². The van der Waals surface area contributed by atoms with Gasteiger partial charge in [0, 0.05) is 9.75 Å². The lowest BCUT2D eigenvalue weighted by Gasteiger charge is -2.02. The molecule has 1 rings (SSSR count). The number of amides is 1. The smallest absolute Gasteiger partial charge is 0.396 e. The Morgan fingerprint density at radius 3 is 2.73 bits per heavy atom. The first-order valence-electron chi connectivity index (χ1n) is 4.63. The molecule has 0 aliphatic carbocycles. The minimum Gasteiger partial charge on any atom is -0.459 e. The third-order valence-corrected chi connectivity index (χ3v) is 2.68. The number of rotatable bonds is 3. The van der Waals surface area contributed by atoms with Crippen LogP contribution >= 0.6 is 11.3 Å². The van der Waals surface area contributed by atoms with Crippen molar-refractivity contribution in [2.45, 2.75) is 20.4 Å². The van der Waals surface area contributed by atoms with Crippen molar-refractivity contribution in [3.05, 3.63) is 21.9 Å². The van der Waals surface area contributed by atoms with E-state index in [1.807, 2.05) is 19.1 Å². The number of carbonyl (C=O) groups is 2. The maximum absolute atomic E-state index is 11.1. The second-order valence-electron chi connectivity index (χ2n) is 2.92. The quantitative estimate of drug-likeness (QED) is 0.624. The summed E-state index contributed by atoms with van der Waals surface area (Å²) in [7, 11) is 0. The van der Waals surface area contributed by atoms with Gasteiger partial charge in [0.15, 0.2) is 0 Å². The lowest BCUT2D eigenvalue weighted by atomic mass is 10.4. The van der Waals surface area contributed by atoms with E-state index >= 15 is 0 Å². The summed E-state index contributed by atoms with van der Waals surface area (Å²) in [6.07, 6.45) is 0. The molecule has 0 aliphatic rings. The Bertz CT molecular complexity index is 359.